The normalized spacial score (nSPS) is 12.0. The largest absolute Gasteiger partial charge is 0.505 e. The minimum Gasteiger partial charge on any atom is -0.505 e. The van der Waals surface area contributed by atoms with E-state index in [9.17, 15) is 5.11 Å². The number of anilines is 1. The summed E-state index contributed by atoms with van der Waals surface area (Å²) in [6.07, 6.45) is 1.63. The molecule has 0 aliphatic heterocycles. The summed E-state index contributed by atoms with van der Waals surface area (Å²) in [5.41, 5.74) is 12.8. The molecule has 1 heterocycles. The number of hydrogen-bond donors (Lipinski definition) is 4. The zero-order valence-corrected chi connectivity index (χ0v) is 7.18. The van der Waals surface area contributed by atoms with Gasteiger partial charge in [0.25, 0.3) is 0 Å². The van der Waals surface area contributed by atoms with Crippen molar-refractivity contribution in [3.05, 3.63) is 17.0 Å². The average molecular weight is 167 g/mol. The fourth-order valence-electron chi connectivity index (χ4n) is 1.03. The molecule has 12 heavy (non-hydrogen) atoms. The van der Waals surface area contributed by atoms with Crippen LogP contribution in [0.2, 0.25) is 0 Å². The molecule has 0 atom stereocenters. The third kappa shape index (κ3) is 1.37. The van der Waals surface area contributed by atoms with Gasteiger partial charge in [0, 0.05) is 5.70 Å². The molecule has 0 saturated carbocycles. The zero-order valence-electron chi connectivity index (χ0n) is 7.18. The van der Waals surface area contributed by atoms with Gasteiger partial charge in [-0.3, -0.25) is 0 Å². The number of rotatable bonds is 1. The molecule has 6 N–H and O–H groups in total. The van der Waals surface area contributed by atoms with Crippen LogP contribution in [0.3, 0.4) is 0 Å². The third-order valence-electron chi connectivity index (χ3n) is 1.59. The number of nitrogens with two attached hydrogens (primary N) is 2. The van der Waals surface area contributed by atoms with Gasteiger partial charge >= 0.3 is 0 Å². The van der Waals surface area contributed by atoms with Crippen molar-refractivity contribution in [2.75, 3.05) is 5.73 Å². The van der Waals surface area contributed by atoms with Crippen molar-refractivity contribution < 1.29 is 5.11 Å². The topological polar surface area (TPSA) is 88.1 Å². The van der Waals surface area contributed by atoms with Gasteiger partial charge in [-0.05, 0) is 19.9 Å². The molecule has 4 nitrogen and oxygen atoms in total. The lowest BCUT2D eigenvalue weighted by Crippen LogP contribution is -1.92. The van der Waals surface area contributed by atoms with Gasteiger partial charge in [0.2, 0.25) is 0 Å². The van der Waals surface area contributed by atoms with E-state index in [0.717, 1.165) is 0 Å². The number of aromatic amines is 1. The first-order valence-electron chi connectivity index (χ1n) is 3.63. The van der Waals surface area contributed by atoms with Crippen molar-refractivity contribution in [2.24, 2.45) is 5.73 Å². The van der Waals surface area contributed by atoms with Crippen molar-refractivity contribution in [2.45, 2.75) is 13.8 Å². The first-order valence-corrected chi connectivity index (χ1v) is 3.63. The Kier molecular flexibility index (Phi) is 1.99. The number of aromatic nitrogens is 1. The van der Waals surface area contributed by atoms with Crippen LogP contribution in [0.5, 0.6) is 5.75 Å². The smallest absolute Gasteiger partial charge is 0.145 e. The first kappa shape index (κ1) is 8.52. The highest BCUT2D eigenvalue weighted by Crippen LogP contribution is 2.28. The fraction of sp³-hybridized carbons (Fsp3) is 0.250. The van der Waals surface area contributed by atoms with E-state index in [2.05, 4.69) is 4.98 Å². The molecule has 0 spiro atoms. The Hall–Kier alpha value is -1.58. The van der Waals surface area contributed by atoms with Gasteiger partial charge in [-0.1, -0.05) is 0 Å². The van der Waals surface area contributed by atoms with Crippen LogP contribution in [0, 0.1) is 6.92 Å². The fourth-order valence-corrected chi connectivity index (χ4v) is 1.03. The molecule has 0 aromatic carbocycles. The number of aromatic hydroxyl groups is 1. The molecule has 1 rings (SSSR count). The summed E-state index contributed by atoms with van der Waals surface area (Å²) < 4.78 is 0. The van der Waals surface area contributed by atoms with Crippen LogP contribution in [-0.4, -0.2) is 10.1 Å². The number of nitrogen functional groups attached to an aromatic ring is 1. The van der Waals surface area contributed by atoms with E-state index in [1.165, 1.54) is 0 Å². The van der Waals surface area contributed by atoms with E-state index in [0.29, 0.717) is 22.8 Å². The molecule has 0 aliphatic carbocycles. The summed E-state index contributed by atoms with van der Waals surface area (Å²) in [4.78, 5) is 2.81. The molecular formula is C8H13N3O. The standard InChI is InChI=1S/C8H13N3O/c1-4(9)3-6-7(12)5(2)11-8(6)10/h3,11-12H,9-10H2,1-2H3/b4-3-. The van der Waals surface area contributed by atoms with E-state index < -0.39 is 0 Å². The molecule has 0 bridgehead atoms. The lowest BCUT2D eigenvalue weighted by molar-refractivity contribution is 0.470. The molecule has 0 aliphatic rings. The number of hydrogen-bond acceptors (Lipinski definition) is 3. The second-order valence-electron chi connectivity index (χ2n) is 2.81. The summed E-state index contributed by atoms with van der Waals surface area (Å²) >= 11 is 0. The van der Waals surface area contributed by atoms with E-state index >= 15 is 0 Å². The summed E-state index contributed by atoms with van der Waals surface area (Å²) in [5, 5.41) is 9.46. The van der Waals surface area contributed by atoms with Gasteiger partial charge in [0.1, 0.15) is 11.6 Å². The Morgan fingerprint density at radius 1 is 1.58 bits per heavy atom. The SMILES string of the molecule is C/C(N)=C/c1c(N)[nH]c(C)c1O. The Bertz CT molecular complexity index is 321. The van der Waals surface area contributed by atoms with Crippen molar-refractivity contribution >= 4 is 11.9 Å². The predicted molar refractivity (Wildman–Crippen MR) is 49.4 cm³/mol. The molecule has 1 aromatic heterocycles. The predicted octanol–water partition coefficient (Wildman–Crippen LogP) is 0.930. The summed E-state index contributed by atoms with van der Waals surface area (Å²) in [7, 11) is 0. The highest BCUT2D eigenvalue weighted by atomic mass is 16.3. The number of aryl methyl sites for hydroxylation is 1. The van der Waals surface area contributed by atoms with Gasteiger partial charge in [-0.25, -0.2) is 0 Å². The van der Waals surface area contributed by atoms with E-state index in [1.807, 2.05) is 0 Å². The second kappa shape index (κ2) is 2.81. The summed E-state index contributed by atoms with van der Waals surface area (Å²) in [6.45, 7) is 3.48. The molecule has 0 unspecified atom stereocenters. The van der Waals surface area contributed by atoms with Crippen molar-refractivity contribution in [1.82, 2.24) is 4.98 Å². The minimum atomic E-state index is 0.164. The molecule has 0 radical (unpaired) electrons. The lowest BCUT2D eigenvalue weighted by atomic mass is 10.2. The van der Waals surface area contributed by atoms with Gasteiger partial charge in [0.15, 0.2) is 0 Å². The molecule has 4 heteroatoms. The van der Waals surface area contributed by atoms with Gasteiger partial charge in [-0.2, -0.15) is 0 Å². The average Bonchev–Trinajstić information content (AvgIpc) is 2.16. The van der Waals surface area contributed by atoms with E-state index in [-0.39, 0.29) is 5.75 Å². The Morgan fingerprint density at radius 2 is 2.17 bits per heavy atom. The van der Waals surface area contributed by atoms with Crippen LogP contribution in [-0.2, 0) is 0 Å². The van der Waals surface area contributed by atoms with Gasteiger partial charge in [-0.15, -0.1) is 0 Å². The maximum atomic E-state index is 9.46. The number of allylic oxidation sites excluding steroid dienone is 1. The van der Waals surface area contributed by atoms with Crippen molar-refractivity contribution in [1.29, 1.82) is 0 Å². The van der Waals surface area contributed by atoms with Crippen LogP contribution >= 0.6 is 0 Å². The second-order valence-corrected chi connectivity index (χ2v) is 2.81. The highest BCUT2D eigenvalue weighted by Gasteiger charge is 2.08. The molecule has 0 saturated heterocycles. The molecule has 66 valence electrons. The molecule has 1 aromatic rings. The molecule has 0 amide bonds. The van der Waals surface area contributed by atoms with E-state index in [4.69, 9.17) is 11.5 Å². The Labute approximate surface area is 70.9 Å². The molecular weight excluding hydrogens is 154 g/mol. The van der Waals surface area contributed by atoms with Crippen LogP contribution in [0.1, 0.15) is 18.2 Å². The van der Waals surface area contributed by atoms with Crippen LogP contribution in [0.4, 0.5) is 5.82 Å². The Balaban J connectivity index is 3.23. The maximum absolute atomic E-state index is 9.46. The third-order valence-corrected chi connectivity index (χ3v) is 1.59. The number of nitrogens with one attached hydrogen (secondary N) is 1. The lowest BCUT2D eigenvalue weighted by Gasteiger charge is -1.94. The van der Waals surface area contributed by atoms with Gasteiger partial charge in [0.05, 0.1) is 11.3 Å². The van der Waals surface area contributed by atoms with Gasteiger partial charge < -0.3 is 21.6 Å². The van der Waals surface area contributed by atoms with Crippen molar-refractivity contribution in [3.8, 4) is 5.75 Å². The quantitative estimate of drug-likeness (QED) is 0.501. The van der Waals surface area contributed by atoms with E-state index in [1.54, 1.807) is 19.9 Å². The minimum absolute atomic E-state index is 0.164. The molecule has 0 fully saturated rings. The van der Waals surface area contributed by atoms with Crippen LogP contribution < -0.4 is 11.5 Å². The Morgan fingerprint density at radius 3 is 2.50 bits per heavy atom. The van der Waals surface area contributed by atoms with Crippen LogP contribution in [0.15, 0.2) is 5.70 Å². The summed E-state index contributed by atoms with van der Waals surface area (Å²) in [5.74, 6) is 0.604. The van der Waals surface area contributed by atoms with Crippen molar-refractivity contribution in [3.63, 3.8) is 0 Å². The first-order chi connectivity index (χ1) is 5.52. The maximum Gasteiger partial charge on any atom is 0.145 e. The van der Waals surface area contributed by atoms with Crippen LogP contribution in [0.25, 0.3) is 6.08 Å². The zero-order chi connectivity index (χ0) is 9.30. The number of H-pyrrole nitrogens is 1. The summed E-state index contributed by atoms with van der Waals surface area (Å²) in [6, 6.07) is 0. The highest BCUT2D eigenvalue weighted by molar-refractivity contribution is 5.70. The monoisotopic (exact) mass is 167 g/mol.